The molecule has 1 atom stereocenters. The number of benzene rings is 2. The number of carbonyl (C=O) groups is 2. The number of aromatic amines is 1. The van der Waals surface area contributed by atoms with Crippen LogP contribution >= 0.6 is 0 Å². The second kappa shape index (κ2) is 7.99. The molecule has 0 radical (unpaired) electrons. The molecule has 2 aromatic carbocycles. The number of aromatic nitrogens is 1. The predicted octanol–water partition coefficient (Wildman–Crippen LogP) is 2.15. The van der Waals surface area contributed by atoms with Crippen molar-refractivity contribution >= 4 is 22.7 Å². The molecule has 3 rings (SSSR count). The van der Waals surface area contributed by atoms with Gasteiger partial charge in [-0.25, -0.2) is 0 Å². The topological polar surface area (TPSA) is 97.8 Å². The van der Waals surface area contributed by atoms with Crippen molar-refractivity contribution in [3.63, 3.8) is 0 Å². The summed E-state index contributed by atoms with van der Waals surface area (Å²) in [5, 5.41) is 15.0. The van der Waals surface area contributed by atoms with Crippen LogP contribution in [0.4, 0.5) is 0 Å². The largest absolute Gasteiger partial charge is 0.361 e. The minimum atomic E-state index is -0.782. The Balaban J connectivity index is 1.82. The first-order valence-corrected chi connectivity index (χ1v) is 8.24. The molecule has 26 heavy (non-hydrogen) atoms. The van der Waals surface area contributed by atoms with Gasteiger partial charge in [-0.15, -0.1) is 0 Å². The molecule has 3 aromatic rings. The lowest BCUT2D eigenvalue weighted by molar-refractivity contribution is -0.122. The van der Waals surface area contributed by atoms with Crippen LogP contribution in [0.3, 0.4) is 0 Å². The number of nitrogens with one attached hydrogen (secondary N) is 3. The first-order valence-electron chi connectivity index (χ1n) is 8.24. The summed E-state index contributed by atoms with van der Waals surface area (Å²) in [7, 11) is 0. The lowest BCUT2D eigenvalue weighted by Gasteiger charge is -2.17. The van der Waals surface area contributed by atoms with E-state index < -0.39 is 6.04 Å². The Morgan fingerprint density at radius 1 is 1.08 bits per heavy atom. The van der Waals surface area contributed by atoms with Crippen molar-refractivity contribution in [3.8, 4) is 6.07 Å². The van der Waals surface area contributed by atoms with Gasteiger partial charge in [-0.3, -0.25) is 9.59 Å². The molecule has 0 aliphatic heterocycles. The van der Waals surface area contributed by atoms with Crippen LogP contribution in [0.15, 0.2) is 60.8 Å². The van der Waals surface area contributed by atoms with Gasteiger partial charge in [0.1, 0.15) is 12.6 Å². The summed E-state index contributed by atoms with van der Waals surface area (Å²) in [4.78, 5) is 28.1. The van der Waals surface area contributed by atoms with Gasteiger partial charge in [-0.05, 0) is 23.8 Å². The van der Waals surface area contributed by atoms with Crippen molar-refractivity contribution in [1.82, 2.24) is 15.6 Å². The lowest BCUT2D eigenvalue weighted by Crippen LogP contribution is -2.48. The average molecular weight is 346 g/mol. The maximum Gasteiger partial charge on any atom is 0.251 e. The molecule has 2 amide bonds. The molecule has 0 saturated carbocycles. The van der Waals surface area contributed by atoms with E-state index in [0.717, 1.165) is 16.5 Å². The number of rotatable bonds is 6. The molecule has 130 valence electrons. The molecule has 6 nitrogen and oxygen atoms in total. The zero-order valence-electron chi connectivity index (χ0n) is 14.0. The number of amides is 2. The number of hydrogen-bond donors (Lipinski definition) is 3. The molecule has 0 fully saturated rings. The third kappa shape index (κ3) is 3.90. The number of fused-ring (bicyclic) bond motifs is 1. The molecular formula is C20H18N4O2. The van der Waals surface area contributed by atoms with Crippen LogP contribution in [0.25, 0.3) is 10.9 Å². The summed E-state index contributed by atoms with van der Waals surface area (Å²) in [5.74, 6) is -0.719. The van der Waals surface area contributed by atoms with Crippen LogP contribution in [-0.4, -0.2) is 29.4 Å². The Hall–Kier alpha value is -3.59. The summed E-state index contributed by atoms with van der Waals surface area (Å²) in [6.07, 6.45) is 2.16. The maximum atomic E-state index is 12.5. The number of H-pyrrole nitrogens is 1. The van der Waals surface area contributed by atoms with Crippen LogP contribution in [0.2, 0.25) is 0 Å². The fourth-order valence-corrected chi connectivity index (χ4v) is 2.81. The van der Waals surface area contributed by atoms with Gasteiger partial charge in [-0.2, -0.15) is 5.26 Å². The molecule has 1 aromatic heterocycles. The van der Waals surface area contributed by atoms with E-state index in [1.165, 1.54) is 0 Å². The van der Waals surface area contributed by atoms with Gasteiger partial charge in [0.05, 0.1) is 6.07 Å². The van der Waals surface area contributed by atoms with Crippen molar-refractivity contribution in [2.45, 2.75) is 12.5 Å². The molecule has 0 saturated heterocycles. The second-order valence-corrected chi connectivity index (χ2v) is 5.83. The highest BCUT2D eigenvalue weighted by atomic mass is 16.2. The predicted molar refractivity (Wildman–Crippen MR) is 98.3 cm³/mol. The highest BCUT2D eigenvalue weighted by Crippen LogP contribution is 2.19. The van der Waals surface area contributed by atoms with Crippen LogP contribution in [0, 0.1) is 11.3 Å². The zero-order chi connectivity index (χ0) is 18.4. The Bertz CT molecular complexity index is 957. The van der Waals surface area contributed by atoms with Crippen molar-refractivity contribution in [3.05, 3.63) is 71.9 Å². The minimum Gasteiger partial charge on any atom is -0.361 e. The molecule has 3 N–H and O–H groups in total. The average Bonchev–Trinajstić information content (AvgIpc) is 3.09. The summed E-state index contributed by atoms with van der Waals surface area (Å²) in [6, 6.07) is 17.6. The van der Waals surface area contributed by atoms with Crippen molar-refractivity contribution in [2.24, 2.45) is 0 Å². The molecular weight excluding hydrogens is 328 g/mol. The molecule has 0 aliphatic rings. The molecule has 0 spiro atoms. The first-order chi connectivity index (χ1) is 12.7. The van der Waals surface area contributed by atoms with Crippen molar-refractivity contribution in [1.29, 1.82) is 5.26 Å². The van der Waals surface area contributed by atoms with E-state index in [1.54, 1.807) is 24.3 Å². The third-order valence-corrected chi connectivity index (χ3v) is 4.10. The van der Waals surface area contributed by atoms with Gasteiger partial charge >= 0.3 is 0 Å². The number of hydrogen-bond acceptors (Lipinski definition) is 3. The van der Waals surface area contributed by atoms with Crippen molar-refractivity contribution < 1.29 is 9.59 Å². The summed E-state index contributed by atoms with van der Waals surface area (Å²) >= 11 is 0. The monoisotopic (exact) mass is 346 g/mol. The lowest BCUT2D eigenvalue weighted by atomic mass is 10.0. The Labute approximate surface area is 150 Å². The maximum absolute atomic E-state index is 12.5. The highest BCUT2D eigenvalue weighted by molar-refractivity contribution is 5.97. The Morgan fingerprint density at radius 3 is 2.58 bits per heavy atom. The van der Waals surface area contributed by atoms with E-state index in [1.807, 2.05) is 42.6 Å². The van der Waals surface area contributed by atoms with E-state index in [4.69, 9.17) is 5.26 Å². The van der Waals surface area contributed by atoms with Crippen LogP contribution < -0.4 is 10.6 Å². The van der Waals surface area contributed by atoms with Gasteiger partial charge in [0, 0.05) is 29.1 Å². The molecule has 0 bridgehead atoms. The number of carbonyl (C=O) groups excluding carboxylic acids is 2. The number of nitriles is 1. The third-order valence-electron chi connectivity index (χ3n) is 4.10. The van der Waals surface area contributed by atoms with Gasteiger partial charge in [0.25, 0.3) is 5.91 Å². The second-order valence-electron chi connectivity index (χ2n) is 5.83. The number of nitrogens with zero attached hydrogens (tertiary/aromatic N) is 1. The fourth-order valence-electron chi connectivity index (χ4n) is 2.81. The zero-order valence-corrected chi connectivity index (χ0v) is 14.0. The fraction of sp³-hybridized carbons (Fsp3) is 0.150. The molecule has 0 aliphatic carbocycles. The van der Waals surface area contributed by atoms with E-state index >= 15 is 0 Å². The molecule has 0 unspecified atom stereocenters. The van der Waals surface area contributed by atoms with Gasteiger partial charge < -0.3 is 15.6 Å². The minimum absolute atomic E-state index is 0.107. The first kappa shape index (κ1) is 17.2. The van der Waals surface area contributed by atoms with Crippen LogP contribution in [0.5, 0.6) is 0 Å². The van der Waals surface area contributed by atoms with Crippen LogP contribution in [0.1, 0.15) is 15.9 Å². The summed E-state index contributed by atoms with van der Waals surface area (Å²) < 4.78 is 0. The number of para-hydroxylation sites is 1. The van der Waals surface area contributed by atoms with Gasteiger partial charge in [0.15, 0.2) is 0 Å². The van der Waals surface area contributed by atoms with Crippen molar-refractivity contribution in [2.75, 3.05) is 6.54 Å². The summed E-state index contributed by atoms with van der Waals surface area (Å²) in [6.45, 7) is -0.107. The smallest absolute Gasteiger partial charge is 0.251 e. The summed E-state index contributed by atoms with van der Waals surface area (Å²) in [5.41, 5.74) is 2.36. The standard InChI is InChI=1S/C20H18N4O2/c21-10-11-22-20(26)18(24-19(25)14-6-2-1-3-7-14)12-15-13-23-17-9-5-4-8-16(15)17/h1-9,13,18,23H,11-12H2,(H,22,26)(H,24,25)/t18-/m0/s1. The highest BCUT2D eigenvalue weighted by Gasteiger charge is 2.22. The van der Waals surface area contributed by atoms with E-state index in [-0.39, 0.29) is 18.4 Å². The Morgan fingerprint density at radius 2 is 1.81 bits per heavy atom. The Kier molecular flexibility index (Phi) is 5.30. The van der Waals surface area contributed by atoms with Gasteiger partial charge in [-0.1, -0.05) is 36.4 Å². The SMILES string of the molecule is N#CCNC(=O)[C@H](Cc1c[nH]c2ccccc12)NC(=O)c1ccccc1. The molecule has 1 heterocycles. The normalized spacial score (nSPS) is 11.5. The quantitative estimate of drug-likeness (QED) is 0.597. The van der Waals surface area contributed by atoms with E-state index in [9.17, 15) is 9.59 Å². The molecule has 6 heteroatoms. The van der Waals surface area contributed by atoms with Crippen LogP contribution in [-0.2, 0) is 11.2 Å². The van der Waals surface area contributed by atoms with E-state index in [2.05, 4.69) is 15.6 Å². The van der Waals surface area contributed by atoms with E-state index in [0.29, 0.717) is 12.0 Å². The van der Waals surface area contributed by atoms with Gasteiger partial charge in [0.2, 0.25) is 5.91 Å².